The van der Waals surface area contributed by atoms with E-state index in [1.807, 2.05) is 0 Å². The molecule has 3 heterocycles. The number of rotatable bonds is 8. The summed E-state index contributed by atoms with van der Waals surface area (Å²) in [5.41, 5.74) is -0.284. The number of halogens is 5. The molecule has 2 aromatic rings. The number of hydrogen-bond donors (Lipinski definition) is 1. The lowest BCUT2D eigenvalue weighted by Crippen LogP contribution is -2.51. The van der Waals surface area contributed by atoms with Crippen molar-refractivity contribution in [2.24, 2.45) is 7.05 Å². The number of aromatic nitrogens is 3. The van der Waals surface area contributed by atoms with E-state index >= 15 is 0 Å². The van der Waals surface area contributed by atoms with Crippen molar-refractivity contribution in [3.05, 3.63) is 18.0 Å². The van der Waals surface area contributed by atoms with Crippen LogP contribution in [0.3, 0.4) is 0 Å². The van der Waals surface area contributed by atoms with E-state index in [0.29, 0.717) is 0 Å². The highest BCUT2D eigenvalue weighted by Gasteiger charge is 2.36. The summed E-state index contributed by atoms with van der Waals surface area (Å²) in [4.78, 5) is 21.1. The van der Waals surface area contributed by atoms with Gasteiger partial charge in [0, 0.05) is 18.7 Å². The minimum atomic E-state index is -4.73. The molecule has 1 N–H and O–H groups in total. The van der Waals surface area contributed by atoms with Crippen LogP contribution in [-0.4, -0.2) is 71.4 Å². The number of hydrogen-bond acceptors (Lipinski definition) is 7. The van der Waals surface area contributed by atoms with E-state index in [4.69, 9.17) is 4.74 Å². The van der Waals surface area contributed by atoms with Crippen LogP contribution in [0.2, 0.25) is 0 Å². The van der Waals surface area contributed by atoms with Crippen LogP contribution in [0.5, 0.6) is 5.88 Å². The average Bonchev–Trinajstić information content (AvgIpc) is 3.04. The van der Waals surface area contributed by atoms with E-state index < -0.39 is 53.2 Å². The lowest BCUT2D eigenvalue weighted by molar-refractivity contribution is -0.213. The zero-order chi connectivity index (χ0) is 25.3. The number of pyridine rings is 1. The van der Waals surface area contributed by atoms with E-state index in [1.165, 1.54) is 23.7 Å². The SMILES string of the molecule is Cn1c(C(=O)NC2(C)CCS(=O)(=O)CC2)nc2ccc(OC[C@H](CC(F)(F)F)OC(F)F)nc21. The van der Waals surface area contributed by atoms with Crippen LogP contribution in [0.25, 0.3) is 11.2 Å². The largest absolute Gasteiger partial charge is 0.475 e. The second-order valence-electron chi connectivity index (χ2n) is 8.30. The Morgan fingerprint density at radius 3 is 2.47 bits per heavy atom. The summed E-state index contributed by atoms with van der Waals surface area (Å²) >= 11 is 0. The molecule has 1 amide bonds. The molecule has 34 heavy (non-hydrogen) atoms. The maximum absolute atomic E-state index is 12.8. The van der Waals surface area contributed by atoms with Crippen molar-refractivity contribution in [3.63, 3.8) is 0 Å². The molecule has 0 radical (unpaired) electrons. The van der Waals surface area contributed by atoms with Gasteiger partial charge in [0.1, 0.15) is 28.1 Å². The number of sulfone groups is 1. The van der Waals surface area contributed by atoms with E-state index in [2.05, 4.69) is 20.0 Å². The van der Waals surface area contributed by atoms with Gasteiger partial charge in [0.25, 0.3) is 5.91 Å². The van der Waals surface area contributed by atoms with E-state index in [0.717, 1.165) is 0 Å². The summed E-state index contributed by atoms with van der Waals surface area (Å²) in [6, 6.07) is 2.69. The van der Waals surface area contributed by atoms with Gasteiger partial charge in [-0.2, -0.15) is 26.9 Å². The topological polar surface area (TPSA) is 112 Å². The summed E-state index contributed by atoms with van der Waals surface area (Å²) < 4.78 is 96.4. The fourth-order valence-corrected chi connectivity index (χ4v) is 5.23. The Morgan fingerprint density at radius 1 is 1.24 bits per heavy atom. The Labute approximate surface area is 191 Å². The Bertz CT molecular complexity index is 1140. The molecule has 3 rings (SSSR count). The first kappa shape index (κ1) is 26.1. The maximum Gasteiger partial charge on any atom is 0.391 e. The second kappa shape index (κ2) is 9.60. The Hall–Kier alpha value is -2.55. The number of alkyl halides is 5. The van der Waals surface area contributed by atoms with Gasteiger partial charge in [0.05, 0.1) is 17.9 Å². The number of imidazole rings is 1. The first-order chi connectivity index (χ1) is 15.7. The van der Waals surface area contributed by atoms with Crippen molar-refractivity contribution < 1.29 is 44.6 Å². The normalized spacial score (nSPS) is 18.7. The lowest BCUT2D eigenvalue weighted by Gasteiger charge is -2.34. The molecule has 0 saturated carbocycles. The summed E-state index contributed by atoms with van der Waals surface area (Å²) in [5.74, 6) is -0.833. The molecular weight excluding hydrogens is 491 g/mol. The third-order valence-corrected chi connectivity index (χ3v) is 7.06. The maximum atomic E-state index is 12.8. The van der Waals surface area contributed by atoms with E-state index in [-0.39, 0.29) is 47.2 Å². The fourth-order valence-electron chi connectivity index (χ4n) is 3.50. The molecule has 1 aliphatic heterocycles. The molecule has 0 unspecified atom stereocenters. The van der Waals surface area contributed by atoms with Crippen molar-refractivity contribution in [1.82, 2.24) is 19.9 Å². The predicted molar refractivity (Wildman–Crippen MR) is 109 cm³/mol. The van der Waals surface area contributed by atoms with Gasteiger partial charge in [-0.05, 0) is 25.8 Å². The van der Waals surface area contributed by atoms with Crippen LogP contribution >= 0.6 is 0 Å². The summed E-state index contributed by atoms with van der Waals surface area (Å²) in [6.07, 6.45) is -7.80. The molecule has 0 bridgehead atoms. The smallest absolute Gasteiger partial charge is 0.391 e. The van der Waals surface area contributed by atoms with Gasteiger partial charge < -0.3 is 19.4 Å². The van der Waals surface area contributed by atoms with E-state index in [9.17, 15) is 35.2 Å². The number of aryl methyl sites for hydroxylation is 1. The highest BCUT2D eigenvalue weighted by Crippen LogP contribution is 2.26. The highest BCUT2D eigenvalue weighted by atomic mass is 32.2. The molecule has 15 heteroatoms. The van der Waals surface area contributed by atoms with Gasteiger partial charge >= 0.3 is 12.8 Å². The van der Waals surface area contributed by atoms with Gasteiger partial charge in [0.2, 0.25) is 11.7 Å². The number of fused-ring (bicyclic) bond motifs is 1. The first-order valence-corrected chi connectivity index (χ1v) is 12.0. The zero-order valence-corrected chi connectivity index (χ0v) is 19.0. The van der Waals surface area contributed by atoms with Gasteiger partial charge in [-0.25, -0.2) is 13.4 Å². The van der Waals surface area contributed by atoms with Gasteiger partial charge in [-0.3, -0.25) is 4.79 Å². The Balaban J connectivity index is 1.73. The summed E-state index contributed by atoms with van der Waals surface area (Å²) in [5, 5.41) is 2.81. The first-order valence-electron chi connectivity index (χ1n) is 10.2. The minimum absolute atomic E-state index is 0.0229. The molecule has 0 spiro atoms. The predicted octanol–water partition coefficient (Wildman–Crippen LogP) is 2.60. The monoisotopic (exact) mass is 514 g/mol. The minimum Gasteiger partial charge on any atom is -0.475 e. The van der Waals surface area contributed by atoms with Crippen LogP contribution in [0, 0.1) is 0 Å². The second-order valence-corrected chi connectivity index (χ2v) is 10.6. The number of carbonyl (C=O) groups excluding carboxylic acids is 1. The molecule has 1 aliphatic rings. The molecule has 1 saturated heterocycles. The van der Waals surface area contributed by atoms with E-state index in [1.54, 1.807) is 6.92 Å². The standard InChI is InChI=1S/C19H23F5N4O5S/c1-18(5-7-34(30,31)8-6-18)27-16(29)15-25-12-3-4-13(26-14(12)28(15)2)32-10-11(33-17(20)21)9-19(22,23)24/h3-4,11,17H,5-10H2,1-2H3,(H,27,29)/t11-/m0/s1. The average molecular weight is 514 g/mol. The van der Waals surface area contributed by atoms with Crippen LogP contribution in [0.4, 0.5) is 22.0 Å². The fraction of sp³-hybridized carbons (Fsp3) is 0.632. The lowest BCUT2D eigenvalue weighted by atomic mass is 9.95. The highest BCUT2D eigenvalue weighted by molar-refractivity contribution is 7.91. The van der Waals surface area contributed by atoms with Crippen LogP contribution in [0.15, 0.2) is 12.1 Å². The molecular formula is C19H23F5N4O5S. The van der Waals surface area contributed by atoms with Crippen LogP contribution in [0.1, 0.15) is 36.8 Å². The van der Waals surface area contributed by atoms with Crippen LogP contribution < -0.4 is 10.1 Å². The molecule has 0 aromatic carbocycles. The number of amides is 1. The summed E-state index contributed by atoms with van der Waals surface area (Å²) in [7, 11) is -1.64. The van der Waals surface area contributed by atoms with Gasteiger partial charge in [-0.15, -0.1) is 0 Å². The van der Waals surface area contributed by atoms with Gasteiger partial charge in [0.15, 0.2) is 5.65 Å². The number of nitrogens with one attached hydrogen (secondary N) is 1. The quantitative estimate of drug-likeness (QED) is 0.539. The molecule has 1 fully saturated rings. The molecule has 1 atom stereocenters. The molecule has 190 valence electrons. The van der Waals surface area contributed by atoms with Gasteiger partial charge in [-0.1, -0.05) is 0 Å². The number of nitrogens with zero attached hydrogens (tertiary/aromatic N) is 3. The van der Waals surface area contributed by atoms with Crippen molar-refractivity contribution >= 4 is 26.9 Å². The third kappa shape index (κ3) is 6.74. The van der Waals surface area contributed by atoms with Crippen molar-refractivity contribution in [2.45, 2.75) is 50.6 Å². The number of carbonyl (C=O) groups is 1. The van der Waals surface area contributed by atoms with Crippen LogP contribution in [-0.2, 0) is 21.6 Å². The summed E-state index contributed by atoms with van der Waals surface area (Å²) in [6.45, 7) is -2.49. The Morgan fingerprint density at radius 2 is 1.88 bits per heavy atom. The molecule has 2 aromatic heterocycles. The molecule has 0 aliphatic carbocycles. The Kier molecular flexibility index (Phi) is 7.36. The van der Waals surface area contributed by atoms with Crippen molar-refractivity contribution in [1.29, 1.82) is 0 Å². The van der Waals surface area contributed by atoms with Crippen molar-refractivity contribution in [3.8, 4) is 5.88 Å². The third-order valence-electron chi connectivity index (χ3n) is 5.41. The zero-order valence-electron chi connectivity index (χ0n) is 18.2. The molecule has 9 nitrogen and oxygen atoms in total. The number of ether oxygens (including phenoxy) is 2. The van der Waals surface area contributed by atoms with Crippen molar-refractivity contribution in [2.75, 3.05) is 18.1 Å².